The van der Waals surface area contributed by atoms with Crippen molar-refractivity contribution in [2.75, 3.05) is 6.54 Å². The first-order valence-corrected chi connectivity index (χ1v) is 7.43. The van der Waals surface area contributed by atoms with Gasteiger partial charge in [-0.3, -0.25) is 4.79 Å². The number of aryl methyl sites for hydroxylation is 1. The highest BCUT2D eigenvalue weighted by Crippen LogP contribution is 2.16. The average Bonchev–Trinajstić information content (AvgIpc) is 2.87. The fourth-order valence-electron chi connectivity index (χ4n) is 2.32. The third-order valence-corrected chi connectivity index (χ3v) is 3.83. The molecule has 0 atom stereocenters. The van der Waals surface area contributed by atoms with Crippen LogP contribution in [0.4, 0.5) is 4.39 Å². The van der Waals surface area contributed by atoms with E-state index in [9.17, 15) is 9.18 Å². The van der Waals surface area contributed by atoms with E-state index in [0.29, 0.717) is 18.5 Å². The van der Waals surface area contributed by atoms with Crippen molar-refractivity contribution < 1.29 is 9.18 Å². The van der Waals surface area contributed by atoms with Crippen molar-refractivity contribution in [3.05, 3.63) is 58.8 Å². The number of hydrogen-bond acceptors (Lipinski definition) is 3. The molecule has 1 N–H and O–H groups in total. The van der Waals surface area contributed by atoms with Gasteiger partial charge >= 0.3 is 0 Å². The maximum atomic E-state index is 13.1. The summed E-state index contributed by atoms with van der Waals surface area (Å²) in [7, 11) is 1.89. The molecule has 0 radical (unpaired) electrons. The zero-order valence-corrected chi connectivity index (χ0v) is 13.1. The molecule has 2 heterocycles. The number of rotatable bonds is 4. The van der Waals surface area contributed by atoms with E-state index in [1.807, 2.05) is 23.7 Å². The highest BCUT2D eigenvalue weighted by molar-refractivity contribution is 6.31. The summed E-state index contributed by atoms with van der Waals surface area (Å²) < 4.78 is 15.0. The van der Waals surface area contributed by atoms with E-state index in [1.165, 1.54) is 18.2 Å². The zero-order valence-electron chi connectivity index (χ0n) is 12.4. The largest absolute Gasteiger partial charge is 0.352 e. The third kappa shape index (κ3) is 3.17. The number of benzene rings is 1. The summed E-state index contributed by atoms with van der Waals surface area (Å²) in [6.45, 7) is 0.408. The van der Waals surface area contributed by atoms with Crippen LogP contribution in [0.2, 0.25) is 5.02 Å². The molecule has 0 bridgehead atoms. The van der Waals surface area contributed by atoms with Crippen molar-refractivity contribution >= 4 is 28.7 Å². The normalized spacial score (nSPS) is 10.9. The minimum atomic E-state index is -0.546. The topological polar surface area (TPSA) is 59.8 Å². The Balaban J connectivity index is 1.65. The van der Waals surface area contributed by atoms with Crippen LogP contribution >= 0.6 is 11.6 Å². The van der Waals surface area contributed by atoms with Crippen LogP contribution in [0.5, 0.6) is 0 Å². The number of carbonyl (C=O) groups excluding carboxylic acids is 1. The molecule has 0 fully saturated rings. The number of nitrogens with zero attached hydrogens (tertiary/aromatic N) is 3. The van der Waals surface area contributed by atoms with E-state index in [1.54, 1.807) is 6.20 Å². The number of fused-ring (bicyclic) bond motifs is 1. The molecular weight excluding hydrogens is 319 g/mol. The smallest absolute Gasteiger partial charge is 0.251 e. The lowest BCUT2D eigenvalue weighted by molar-refractivity contribution is 0.0954. The Kier molecular flexibility index (Phi) is 4.25. The Morgan fingerprint density at radius 3 is 2.96 bits per heavy atom. The van der Waals surface area contributed by atoms with E-state index in [0.717, 1.165) is 17.0 Å². The van der Waals surface area contributed by atoms with Gasteiger partial charge in [0.25, 0.3) is 5.91 Å². The van der Waals surface area contributed by atoms with E-state index in [-0.39, 0.29) is 10.9 Å². The standard InChI is InChI=1S/C16H14ClFN4O/c1-22-14(21-13-3-2-7-19-15(13)22)6-8-20-16(23)10-4-5-12(18)11(17)9-10/h2-5,7,9H,6,8H2,1H3,(H,20,23). The molecule has 0 aliphatic carbocycles. The van der Waals surface area contributed by atoms with Gasteiger partial charge in [0.2, 0.25) is 0 Å². The van der Waals surface area contributed by atoms with Crippen LogP contribution in [0.25, 0.3) is 11.2 Å². The predicted octanol–water partition coefficient (Wildman–Crippen LogP) is 2.73. The fourth-order valence-corrected chi connectivity index (χ4v) is 2.50. The van der Waals surface area contributed by atoms with Gasteiger partial charge in [0.15, 0.2) is 5.65 Å². The summed E-state index contributed by atoms with van der Waals surface area (Å²) in [5, 5.41) is 2.70. The van der Waals surface area contributed by atoms with Crippen molar-refractivity contribution in [2.45, 2.75) is 6.42 Å². The van der Waals surface area contributed by atoms with Crippen LogP contribution in [0, 0.1) is 5.82 Å². The summed E-state index contributed by atoms with van der Waals surface area (Å²) in [4.78, 5) is 20.8. The quantitative estimate of drug-likeness (QED) is 0.799. The Morgan fingerprint density at radius 2 is 2.22 bits per heavy atom. The number of hydrogen-bond donors (Lipinski definition) is 1. The van der Waals surface area contributed by atoms with Crippen LogP contribution in [0.3, 0.4) is 0 Å². The van der Waals surface area contributed by atoms with Crippen LogP contribution in [0.1, 0.15) is 16.2 Å². The summed E-state index contributed by atoms with van der Waals surface area (Å²) >= 11 is 5.68. The third-order valence-electron chi connectivity index (χ3n) is 3.54. The molecule has 0 aliphatic rings. The number of halogens is 2. The van der Waals surface area contributed by atoms with Gasteiger partial charge in [-0.05, 0) is 30.3 Å². The lowest BCUT2D eigenvalue weighted by Gasteiger charge is -2.06. The molecule has 3 rings (SSSR count). The van der Waals surface area contributed by atoms with Gasteiger partial charge < -0.3 is 9.88 Å². The molecule has 5 nitrogen and oxygen atoms in total. The number of aromatic nitrogens is 3. The first-order valence-electron chi connectivity index (χ1n) is 7.06. The maximum Gasteiger partial charge on any atom is 0.251 e. The predicted molar refractivity (Wildman–Crippen MR) is 86.0 cm³/mol. The van der Waals surface area contributed by atoms with Gasteiger partial charge in [-0.15, -0.1) is 0 Å². The number of amides is 1. The Labute approximate surface area is 137 Å². The summed E-state index contributed by atoms with van der Waals surface area (Å²) in [6.07, 6.45) is 2.28. The van der Waals surface area contributed by atoms with E-state index in [2.05, 4.69) is 15.3 Å². The molecule has 0 saturated carbocycles. The minimum Gasteiger partial charge on any atom is -0.352 e. The van der Waals surface area contributed by atoms with Crippen LogP contribution in [-0.2, 0) is 13.5 Å². The first-order chi connectivity index (χ1) is 11.1. The van der Waals surface area contributed by atoms with Crippen molar-refractivity contribution in [3.63, 3.8) is 0 Å². The first kappa shape index (κ1) is 15.4. The maximum absolute atomic E-state index is 13.1. The molecule has 23 heavy (non-hydrogen) atoms. The number of imidazole rings is 1. The van der Waals surface area contributed by atoms with Gasteiger partial charge in [-0.1, -0.05) is 11.6 Å². The monoisotopic (exact) mass is 332 g/mol. The van der Waals surface area contributed by atoms with Crippen LogP contribution in [-0.4, -0.2) is 27.0 Å². The Morgan fingerprint density at radius 1 is 1.39 bits per heavy atom. The van der Waals surface area contributed by atoms with Crippen LogP contribution in [0.15, 0.2) is 36.5 Å². The molecular formula is C16H14ClFN4O. The lowest BCUT2D eigenvalue weighted by atomic mass is 10.2. The highest BCUT2D eigenvalue weighted by Gasteiger charge is 2.11. The van der Waals surface area contributed by atoms with Gasteiger partial charge in [0.1, 0.15) is 17.2 Å². The molecule has 7 heteroatoms. The van der Waals surface area contributed by atoms with E-state index >= 15 is 0 Å². The van der Waals surface area contributed by atoms with Crippen molar-refractivity contribution in [1.29, 1.82) is 0 Å². The summed E-state index contributed by atoms with van der Waals surface area (Å²) in [5.41, 5.74) is 1.95. The zero-order chi connectivity index (χ0) is 16.4. The number of nitrogens with one attached hydrogen (secondary N) is 1. The molecule has 0 saturated heterocycles. The SMILES string of the molecule is Cn1c(CCNC(=O)c2ccc(F)c(Cl)c2)nc2cccnc21. The molecule has 1 amide bonds. The molecule has 118 valence electrons. The summed E-state index contributed by atoms with van der Waals surface area (Å²) in [6, 6.07) is 7.61. The van der Waals surface area contributed by atoms with E-state index in [4.69, 9.17) is 11.6 Å². The summed E-state index contributed by atoms with van der Waals surface area (Å²) in [5.74, 6) is -0.0182. The second kappa shape index (κ2) is 6.34. The fraction of sp³-hybridized carbons (Fsp3) is 0.188. The molecule has 0 aliphatic heterocycles. The number of carbonyl (C=O) groups is 1. The van der Waals surface area contributed by atoms with Gasteiger partial charge in [0.05, 0.1) is 5.02 Å². The van der Waals surface area contributed by atoms with Gasteiger partial charge in [0, 0.05) is 31.8 Å². The van der Waals surface area contributed by atoms with Gasteiger partial charge in [-0.25, -0.2) is 14.4 Å². The molecule has 1 aromatic carbocycles. The molecule has 0 unspecified atom stereocenters. The van der Waals surface area contributed by atoms with E-state index < -0.39 is 5.82 Å². The Hall–Kier alpha value is -2.47. The van der Waals surface area contributed by atoms with Crippen molar-refractivity contribution in [1.82, 2.24) is 19.9 Å². The Bertz CT molecular complexity index is 878. The number of pyridine rings is 1. The minimum absolute atomic E-state index is 0.0703. The molecule has 3 aromatic rings. The van der Waals surface area contributed by atoms with Crippen LogP contribution < -0.4 is 5.32 Å². The molecule has 0 spiro atoms. The van der Waals surface area contributed by atoms with Crippen molar-refractivity contribution in [3.8, 4) is 0 Å². The van der Waals surface area contributed by atoms with Gasteiger partial charge in [-0.2, -0.15) is 0 Å². The second-order valence-electron chi connectivity index (χ2n) is 5.07. The lowest BCUT2D eigenvalue weighted by Crippen LogP contribution is -2.26. The van der Waals surface area contributed by atoms with Crippen molar-refractivity contribution in [2.24, 2.45) is 7.05 Å². The second-order valence-corrected chi connectivity index (χ2v) is 5.48. The average molecular weight is 333 g/mol. The highest BCUT2D eigenvalue weighted by atomic mass is 35.5. The molecule has 2 aromatic heterocycles.